The van der Waals surface area contributed by atoms with Gasteiger partial charge in [0, 0.05) is 33.4 Å². The lowest BCUT2D eigenvalue weighted by Gasteiger charge is -2.19. The molecule has 116 heavy (non-hydrogen) atoms. The van der Waals surface area contributed by atoms with Crippen LogP contribution in [0.1, 0.15) is 11.1 Å². The SMILES string of the molecule is N#Cc1ccc(-c2ccc(-c3c(-c4cc(-c5ccc(-c6nc(-c7ccccc7)nc(-c7ccc(-c8ccc9ccc(-c%10cc%11ccccc%11cc%10-c%10ccc(-c%11nc(-c%12ccccc%12)nc(-c%12ccccc%12)n%11)cc%10)c(-c%10ccc(-c%11ccc(C#N)cc%11)cc%10)c9c8)cc7)n6)cc5)c5ccccc5c4)ccc4ccccc34)cc2)cc1. The molecule has 20 aromatic rings. The Balaban J connectivity index is 0.660. The second-order valence-electron chi connectivity index (χ2n) is 29.1. The van der Waals surface area contributed by atoms with Crippen LogP contribution in [0.15, 0.2) is 400 Å². The van der Waals surface area contributed by atoms with Gasteiger partial charge < -0.3 is 0 Å². The van der Waals surface area contributed by atoms with Crippen molar-refractivity contribution in [1.29, 1.82) is 10.5 Å². The Hall–Kier alpha value is -16.0. The van der Waals surface area contributed by atoms with Crippen LogP contribution < -0.4 is 0 Å². The van der Waals surface area contributed by atoms with E-state index in [-0.39, 0.29) is 0 Å². The van der Waals surface area contributed by atoms with Crippen molar-refractivity contribution >= 4 is 43.1 Å². The highest BCUT2D eigenvalue weighted by atomic mass is 15.0. The van der Waals surface area contributed by atoms with E-state index in [1.165, 1.54) is 16.3 Å². The van der Waals surface area contributed by atoms with E-state index in [2.05, 4.69) is 273 Å². The number of fused-ring (bicyclic) bond motifs is 4. The summed E-state index contributed by atoms with van der Waals surface area (Å²) in [6.07, 6.45) is 0. The molecule has 2 aromatic heterocycles. The third-order valence-electron chi connectivity index (χ3n) is 22.1. The highest BCUT2D eigenvalue weighted by Gasteiger charge is 2.23. The monoisotopic (exact) mass is 1470 g/mol. The lowest BCUT2D eigenvalue weighted by atomic mass is 9.84. The fraction of sp³-hybridized carbons (Fsp3) is 0. The van der Waals surface area contributed by atoms with Gasteiger partial charge in [0.2, 0.25) is 0 Å². The summed E-state index contributed by atoms with van der Waals surface area (Å²) in [6, 6.07) is 145. The first-order valence-electron chi connectivity index (χ1n) is 38.7. The van der Waals surface area contributed by atoms with Gasteiger partial charge in [-0.15, -0.1) is 0 Å². The number of rotatable bonds is 15. The molecule has 538 valence electrons. The Morgan fingerprint density at radius 3 is 0.905 bits per heavy atom. The molecule has 0 saturated heterocycles. The van der Waals surface area contributed by atoms with E-state index >= 15 is 0 Å². The van der Waals surface area contributed by atoms with Crippen LogP contribution in [0.3, 0.4) is 0 Å². The van der Waals surface area contributed by atoms with Crippen LogP contribution in [-0.2, 0) is 0 Å². The number of nitrogens with zero attached hydrogens (tertiary/aromatic N) is 8. The predicted octanol–water partition coefficient (Wildman–Crippen LogP) is 27.4. The minimum Gasteiger partial charge on any atom is -0.208 e. The van der Waals surface area contributed by atoms with E-state index in [4.69, 9.17) is 29.9 Å². The lowest BCUT2D eigenvalue weighted by molar-refractivity contribution is 1.07. The van der Waals surface area contributed by atoms with Crippen molar-refractivity contribution in [3.63, 3.8) is 0 Å². The van der Waals surface area contributed by atoms with E-state index in [9.17, 15) is 10.5 Å². The molecule has 0 saturated carbocycles. The van der Waals surface area contributed by atoms with Crippen LogP contribution in [0, 0.1) is 22.7 Å². The molecule has 0 unspecified atom stereocenters. The van der Waals surface area contributed by atoms with E-state index in [0.29, 0.717) is 46.1 Å². The molecule has 8 heteroatoms. The number of hydrogen-bond acceptors (Lipinski definition) is 8. The molecule has 0 aliphatic heterocycles. The number of aromatic nitrogens is 6. The van der Waals surface area contributed by atoms with E-state index < -0.39 is 0 Å². The number of nitriles is 2. The van der Waals surface area contributed by atoms with Crippen molar-refractivity contribution in [2.45, 2.75) is 0 Å². The fourth-order valence-electron chi connectivity index (χ4n) is 16.1. The van der Waals surface area contributed by atoms with Gasteiger partial charge in [-0.05, 0) is 198 Å². The van der Waals surface area contributed by atoms with Crippen molar-refractivity contribution < 1.29 is 0 Å². The first kappa shape index (κ1) is 69.2. The van der Waals surface area contributed by atoms with Gasteiger partial charge in [0.05, 0.1) is 23.3 Å². The minimum absolute atomic E-state index is 0.564. The van der Waals surface area contributed by atoms with Gasteiger partial charge in [0.1, 0.15) is 0 Å². The van der Waals surface area contributed by atoms with Crippen LogP contribution in [0.4, 0.5) is 0 Å². The molecule has 2 heterocycles. The summed E-state index contributed by atoms with van der Waals surface area (Å²) < 4.78 is 0. The second-order valence-corrected chi connectivity index (χ2v) is 29.1. The zero-order chi connectivity index (χ0) is 77.4. The molecule has 8 nitrogen and oxygen atoms in total. The highest BCUT2D eigenvalue weighted by molar-refractivity contribution is 6.11. The quantitative estimate of drug-likeness (QED) is 0.0994. The smallest absolute Gasteiger partial charge is 0.164 e. The zero-order valence-corrected chi connectivity index (χ0v) is 62.7. The molecule has 0 aliphatic carbocycles. The Bertz CT molecular complexity index is 7190. The summed E-state index contributed by atoms with van der Waals surface area (Å²) in [7, 11) is 0. The Labute approximate surface area is 671 Å². The van der Waals surface area contributed by atoms with Gasteiger partial charge >= 0.3 is 0 Å². The van der Waals surface area contributed by atoms with Crippen LogP contribution in [0.25, 0.3) is 212 Å². The van der Waals surface area contributed by atoms with Gasteiger partial charge in [0.15, 0.2) is 34.9 Å². The summed E-state index contributed by atoms with van der Waals surface area (Å²) in [6.45, 7) is 0. The van der Waals surface area contributed by atoms with Gasteiger partial charge in [-0.1, -0.05) is 346 Å². The molecule has 0 fully saturated rings. The minimum atomic E-state index is 0.564. The molecule has 18 aromatic carbocycles. The molecule has 0 bridgehead atoms. The Morgan fingerprint density at radius 2 is 0.457 bits per heavy atom. The largest absolute Gasteiger partial charge is 0.208 e. The third kappa shape index (κ3) is 13.4. The normalized spacial score (nSPS) is 11.3. The summed E-state index contributed by atoms with van der Waals surface area (Å²) in [4.78, 5) is 30.9. The van der Waals surface area contributed by atoms with Crippen molar-refractivity contribution in [3.05, 3.63) is 412 Å². The molecule has 0 atom stereocenters. The first-order valence-corrected chi connectivity index (χ1v) is 38.7. The Kier molecular flexibility index (Phi) is 17.9. The molecule has 0 N–H and O–H groups in total. The van der Waals surface area contributed by atoms with Crippen LogP contribution in [-0.4, -0.2) is 29.9 Å². The highest BCUT2D eigenvalue weighted by Crippen LogP contribution is 2.47. The van der Waals surface area contributed by atoms with Crippen molar-refractivity contribution in [3.8, 4) is 181 Å². The zero-order valence-electron chi connectivity index (χ0n) is 62.7. The van der Waals surface area contributed by atoms with Crippen molar-refractivity contribution in [1.82, 2.24) is 29.9 Å². The van der Waals surface area contributed by atoms with E-state index in [0.717, 1.165) is 160 Å². The predicted molar refractivity (Wildman–Crippen MR) is 474 cm³/mol. The van der Waals surface area contributed by atoms with Crippen molar-refractivity contribution in [2.24, 2.45) is 0 Å². The second kappa shape index (κ2) is 30.0. The molecule has 20 rings (SSSR count). The van der Waals surface area contributed by atoms with Gasteiger partial charge in [-0.2, -0.15) is 10.5 Å². The standard InChI is InChI=1S/C108H66N8/c109-67-69-28-32-71(33-29-69)73-36-47-80(48-37-73)101-94-27-15-12-16-76(94)58-60-95(101)92-62-91-25-13-14-26-93(91)97(66-92)77-42-53-86(54-43-77)108-115-105(84-21-8-3-9-22-84)114-106(116-108)85-51-40-75(41-52-85)90-57-46-79-59-61-96(102(99(79)64-90)81-49-38-74(39-50-81)72-34-30-70(68-110)31-35-72)100-65-89-24-11-10-23-88(89)63-98(100)78-44-55-87(56-45-78)107-112-103(82-17-4-1-5-18-82)111-104(113-107)83-19-6-2-7-20-83/h1-66H. The maximum absolute atomic E-state index is 9.69. The van der Waals surface area contributed by atoms with Gasteiger partial charge in [-0.25, -0.2) is 29.9 Å². The van der Waals surface area contributed by atoms with Crippen LogP contribution in [0.2, 0.25) is 0 Å². The first-order chi connectivity index (χ1) is 57.3. The van der Waals surface area contributed by atoms with Gasteiger partial charge in [-0.3, -0.25) is 0 Å². The van der Waals surface area contributed by atoms with Crippen LogP contribution in [0.5, 0.6) is 0 Å². The Morgan fingerprint density at radius 1 is 0.155 bits per heavy atom. The molecule has 0 aliphatic rings. The summed E-state index contributed by atoms with van der Waals surface area (Å²) >= 11 is 0. The topological polar surface area (TPSA) is 125 Å². The van der Waals surface area contributed by atoms with Crippen LogP contribution >= 0.6 is 0 Å². The summed E-state index contributed by atoms with van der Waals surface area (Å²) in [5.41, 5.74) is 26.1. The molecule has 0 spiro atoms. The van der Waals surface area contributed by atoms with E-state index in [1.807, 2.05) is 140 Å². The maximum atomic E-state index is 9.69. The summed E-state index contributed by atoms with van der Waals surface area (Å²) in [5.74, 6) is 3.52. The molecular weight excluding hydrogens is 1410 g/mol. The van der Waals surface area contributed by atoms with Gasteiger partial charge in [0.25, 0.3) is 0 Å². The van der Waals surface area contributed by atoms with Crippen molar-refractivity contribution in [2.75, 3.05) is 0 Å². The molecule has 0 radical (unpaired) electrons. The average molecular weight is 1480 g/mol. The molecular formula is C108H66N8. The number of benzene rings is 18. The molecule has 0 amide bonds. The average Bonchev–Trinajstić information content (AvgIpc) is 0.752. The summed E-state index contributed by atoms with van der Waals surface area (Å²) in [5, 5.41) is 28.3. The number of hydrogen-bond donors (Lipinski definition) is 0. The third-order valence-corrected chi connectivity index (χ3v) is 22.1. The lowest BCUT2D eigenvalue weighted by Crippen LogP contribution is -2.00. The van der Waals surface area contributed by atoms with E-state index in [1.54, 1.807) is 0 Å². The maximum Gasteiger partial charge on any atom is 0.164 e. The fourth-order valence-corrected chi connectivity index (χ4v) is 16.1.